The molecule has 0 saturated carbocycles. The summed E-state index contributed by atoms with van der Waals surface area (Å²) in [7, 11) is 2.96. The van der Waals surface area contributed by atoms with Crippen LogP contribution in [0, 0.1) is 0 Å². The molecule has 2 atom stereocenters. The van der Waals surface area contributed by atoms with Gasteiger partial charge < -0.3 is 19.3 Å². The second-order valence-electron chi connectivity index (χ2n) is 9.65. The van der Waals surface area contributed by atoms with Crippen LogP contribution in [0.1, 0.15) is 35.7 Å². The number of aliphatic hydroxyl groups is 1. The summed E-state index contributed by atoms with van der Waals surface area (Å²) in [5, 5.41) is 10.8. The fourth-order valence-electron chi connectivity index (χ4n) is 5.20. The van der Waals surface area contributed by atoms with Crippen LogP contribution in [-0.4, -0.2) is 84.9 Å². The molecular formula is C25H32N6O5. The lowest BCUT2D eigenvalue weighted by Gasteiger charge is -2.26. The molecule has 2 aliphatic heterocycles. The first-order valence-electron chi connectivity index (χ1n) is 12.4. The Morgan fingerprint density at radius 3 is 2.50 bits per heavy atom. The topological polar surface area (TPSA) is 115 Å². The Hall–Kier alpha value is -3.44. The number of β-amino-alcohol motifs (C(OH)–C–C–N with tert-alkyl or cyclic N) is 1. The maximum Gasteiger partial charge on any atom is 0.332 e. The van der Waals surface area contributed by atoms with E-state index in [0.717, 1.165) is 30.0 Å². The number of benzene rings is 1. The Morgan fingerprint density at radius 2 is 1.78 bits per heavy atom. The van der Waals surface area contributed by atoms with Crippen LogP contribution < -0.4 is 16.0 Å². The third kappa shape index (κ3) is 4.44. The molecule has 11 heteroatoms. The molecule has 1 aromatic carbocycles. The first-order chi connectivity index (χ1) is 17.3. The Balaban J connectivity index is 1.26. The van der Waals surface area contributed by atoms with Gasteiger partial charge in [0.25, 0.3) is 11.5 Å². The van der Waals surface area contributed by atoms with Crippen molar-refractivity contribution in [2.24, 2.45) is 14.1 Å². The summed E-state index contributed by atoms with van der Waals surface area (Å²) >= 11 is 0. The molecular weight excluding hydrogens is 464 g/mol. The van der Waals surface area contributed by atoms with E-state index in [0.29, 0.717) is 17.8 Å². The average Bonchev–Trinajstić information content (AvgIpc) is 3.50. The molecule has 0 aliphatic carbocycles. The number of carbonyl (C=O) groups excluding carboxylic acids is 1. The molecule has 0 bridgehead atoms. The molecule has 5 rings (SSSR count). The van der Waals surface area contributed by atoms with Crippen LogP contribution in [0.3, 0.4) is 0 Å². The standard InChI is InChI=1S/C25H32N6O5/c1-27-22-21(24(34)28(2)25(27)35)26-16-31(22)19-14-30(15-20(19)32)23(33)17-6-8-18(9-7-17)36-13-12-29-10-4-3-5-11-29/h6-9,16,19-20,32H,3-5,10-15H2,1-2H3/t19-,20-/m1/s1. The monoisotopic (exact) mass is 496 g/mol. The Kier molecular flexibility index (Phi) is 6.67. The zero-order valence-corrected chi connectivity index (χ0v) is 20.7. The molecule has 192 valence electrons. The zero-order valence-electron chi connectivity index (χ0n) is 20.7. The van der Waals surface area contributed by atoms with Gasteiger partial charge in [-0.05, 0) is 50.2 Å². The van der Waals surface area contributed by atoms with E-state index in [9.17, 15) is 19.5 Å². The number of aromatic nitrogens is 4. The predicted octanol–water partition coefficient (Wildman–Crippen LogP) is 0.356. The van der Waals surface area contributed by atoms with Gasteiger partial charge in [0.05, 0.1) is 18.5 Å². The van der Waals surface area contributed by atoms with Gasteiger partial charge in [-0.15, -0.1) is 0 Å². The lowest BCUT2D eigenvalue weighted by atomic mass is 10.1. The van der Waals surface area contributed by atoms with Crippen LogP contribution in [0.5, 0.6) is 5.75 Å². The number of hydrogen-bond donors (Lipinski definition) is 1. The fourth-order valence-corrected chi connectivity index (χ4v) is 5.20. The van der Waals surface area contributed by atoms with E-state index >= 15 is 0 Å². The molecule has 2 fully saturated rings. The van der Waals surface area contributed by atoms with Crippen LogP contribution in [0.2, 0.25) is 0 Å². The summed E-state index contributed by atoms with van der Waals surface area (Å²) < 4.78 is 9.82. The van der Waals surface area contributed by atoms with Crippen LogP contribution in [0.15, 0.2) is 40.2 Å². The number of amides is 1. The van der Waals surface area contributed by atoms with E-state index in [1.807, 2.05) is 0 Å². The van der Waals surface area contributed by atoms with Crippen molar-refractivity contribution in [2.45, 2.75) is 31.4 Å². The SMILES string of the molecule is Cn1c(=O)c2ncn([C@@H]3CN(C(=O)c4ccc(OCCN5CCCCC5)cc4)C[C@H]3O)c2n(C)c1=O. The minimum absolute atomic E-state index is 0.135. The summed E-state index contributed by atoms with van der Waals surface area (Å²) in [6.07, 6.45) is 4.37. The maximum absolute atomic E-state index is 13.2. The normalized spacial score (nSPS) is 20.8. The number of aliphatic hydroxyl groups excluding tert-OH is 1. The highest BCUT2D eigenvalue weighted by atomic mass is 16.5. The molecule has 0 spiro atoms. The summed E-state index contributed by atoms with van der Waals surface area (Å²) in [6.45, 7) is 4.12. The first-order valence-corrected chi connectivity index (χ1v) is 12.4. The van der Waals surface area contributed by atoms with E-state index < -0.39 is 23.4 Å². The Bertz CT molecular complexity index is 1370. The average molecular weight is 497 g/mol. The molecule has 2 aromatic heterocycles. The van der Waals surface area contributed by atoms with Gasteiger partial charge in [0.1, 0.15) is 18.0 Å². The number of piperidine rings is 1. The van der Waals surface area contributed by atoms with Gasteiger partial charge in [0, 0.05) is 39.3 Å². The summed E-state index contributed by atoms with van der Waals surface area (Å²) in [6, 6.07) is 6.52. The minimum Gasteiger partial charge on any atom is -0.492 e. The molecule has 1 N–H and O–H groups in total. The summed E-state index contributed by atoms with van der Waals surface area (Å²) in [4.78, 5) is 46.2. The number of fused-ring (bicyclic) bond motifs is 1. The first kappa shape index (κ1) is 24.3. The molecule has 36 heavy (non-hydrogen) atoms. The van der Waals surface area contributed by atoms with Crippen LogP contribution in [-0.2, 0) is 14.1 Å². The number of imidazole rings is 1. The number of carbonyl (C=O) groups is 1. The van der Waals surface area contributed by atoms with Crippen molar-refractivity contribution in [3.63, 3.8) is 0 Å². The molecule has 4 heterocycles. The highest BCUT2D eigenvalue weighted by molar-refractivity contribution is 5.94. The van der Waals surface area contributed by atoms with Crippen molar-refractivity contribution >= 4 is 17.1 Å². The number of rotatable bonds is 6. The van der Waals surface area contributed by atoms with Crippen molar-refractivity contribution in [2.75, 3.05) is 39.3 Å². The second-order valence-corrected chi connectivity index (χ2v) is 9.65. The third-order valence-corrected chi connectivity index (χ3v) is 7.30. The molecule has 0 radical (unpaired) electrons. The van der Waals surface area contributed by atoms with Gasteiger partial charge in [0.15, 0.2) is 5.52 Å². The van der Waals surface area contributed by atoms with E-state index in [4.69, 9.17) is 4.74 Å². The third-order valence-electron chi connectivity index (χ3n) is 7.30. The number of aryl methyl sites for hydroxylation is 1. The molecule has 1 amide bonds. The minimum atomic E-state index is -0.872. The van der Waals surface area contributed by atoms with Crippen molar-refractivity contribution < 1.29 is 14.6 Å². The molecule has 0 unspecified atom stereocenters. The number of likely N-dealkylation sites (tertiary alicyclic amines) is 2. The highest BCUT2D eigenvalue weighted by Crippen LogP contribution is 2.27. The fraction of sp³-hybridized carbons (Fsp3) is 0.520. The maximum atomic E-state index is 13.2. The van der Waals surface area contributed by atoms with Crippen molar-refractivity contribution in [3.8, 4) is 5.75 Å². The van der Waals surface area contributed by atoms with E-state index in [2.05, 4.69) is 9.88 Å². The lowest BCUT2D eigenvalue weighted by Crippen LogP contribution is -2.38. The number of hydrogen-bond acceptors (Lipinski definition) is 7. The number of ether oxygens (including phenoxy) is 1. The Morgan fingerprint density at radius 1 is 1.06 bits per heavy atom. The molecule has 2 aliphatic rings. The number of nitrogens with zero attached hydrogens (tertiary/aromatic N) is 6. The highest BCUT2D eigenvalue weighted by Gasteiger charge is 2.37. The largest absolute Gasteiger partial charge is 0.492 e. The van der Waals surface area contributed by atoms with Crippen LogP contribution in [0.4, 0.5) is 0 Å². The van der Waals surface area contributed by atoms with Crippen LogP contribution in [0.25, 0.3) is 11.2 Å². The van der Waals surface area contributed by atoms with Gasteiger partial charge in [-0.3, -0.25) is 23.6 Å². The smallest absolute Gasteiger partial charge is 0.332 e. The van der Waals surface area contributed by atoms with Gasteiger partial charge in [-0.1, -0.05) is 6.42 Å². The second kappa shape index (κ2) is 9.90. The van der Waals surface area contributed by atoms with Crippen molar-refractivity contribution in [3.05, 3.63) is 57.0 Å². The van der Waals surface area contributed by atoms with Gasteiger partial charge in [-0.25, -0.2) is 9.78 Å². The van der Waals surface area contributed by atoms with Gasteiger partial charge in [0.2, 0.25) is 0 Å². The molecule has 2 saturated heterocycles. The summed E-state index contributed by atoms with van der Waals surface area (Å²) in [5.74, 6) is 0.515. The van der Waals surface area contributed by atoms with Gasteiger partial charge in [-0.2, -0.15) is 0 Å². The van der Waals surface area contributed by atoms with Crippen molar-refractivity contribution in [1.82, 2.24) is 28.5 Å². The van der Waals surface area contributed by atoms with Crippen LogP contribution >= 0.6 is 0 Å². The Labute approximate surface area is 208 Å². The lowest BCUT2D eigenvalue weighted by molar-refractivity contribution is 0.0764. The van der Waals surface area contributed by atoms with E-state index in [1.165, 1.54) is 37.2 Å². The predicted molar refractivity (Wildman–Crippen MR) is 133 cm³/mol. The molecule has 3 aromatic rings. The van der Waals surface area contributed by atoms with E-state index in [-0.39, 0.29) is 24.5 Å². The zero-order chi connectivity index (χ0) is 25.4. The summed E-state index contributed by atoms with van der Waals surface area (Å²) in [5.41, 5.74) is 0.00126. The molecule has 11 nitrogen and oxygen atoms in total. The van der Waals surface area contributed by atoms with Gasteiger partial charge >= 0.3 is 5.69 Å². The van der Waals surface area contributed by atoms with E-state index in [1.54, 1.807) is 40.8 Å². The quantitative estimate of drug-likeness (QED) is 0.524. The van der Waals surface area contributed by atoms with Crippen molar-refractivity contribution in [1.29, 1.82) is 0 Å².